The van der Waals surface area contributed by atoms with Crippen LogP contribution in [0.1, 0.15) is 30.9 Å². The zero-order valence-electron chi connectivity index (χ0n) is 17.8. The predicted molar refractivity (Wildman–Crippen MR) is 124 cm³/mol. The number of carbonyl (C=O) groups is 2. The minimum absolute atomic E-state index is 0.0449. The maximum atomic E-state index is 13.5. The van der Waals surface area contributed by atoms with Gasteiger partial charge in [0.1, 0.15) is 12.1 Å². The molecule has 0 aromatic heterocycles. The first-order chi connectivity index (χ1) is 14.9. The molecule has 7 heteroatoms. The van der Waals surface area contributed by atoms with Gasteiger partial charge in [-0.2, -0.15) is 0 Å². The number of thiocarbonyl (C=S) groups is 1. The fourth-order valence-electron chi connectivity index (χ4n) is 3.92. The van der Waals surface area contributed by atoms with Gasteiger partial charge in [0, 0.05) is 25.4 Å². The van der Waals surface area contributed by atoms with Crippen LogP contribution in [0.5, 0.6) is 0 Å². The number of hydrogen-bond donors (Lipinski definition) is 2. The summed E-state index contributed by atoms with van der Waals surface area (Å²) in [7, 11) is 0. The summed E-state index contributed by atoms with van der Waals surface area (Å²) in [5.74, 6) is -0.167. The summed E-state index contributed by atoms with van der Waals surface area (Å²) >= 11 is 5.15. The summed E-state index contributed by atoms with van der Waals surface area (Å²) in [6.07, 6.45) is 1.05. The molecule has 1 aliphatic rings. The molecule has 2 amide bonds. The molecule has 31 heavy (non-hydrogen) atoms. The number of carbonyl (C=O) groups excluding carboxylic acids is 2. The molecule has 6 nitrogen and oxygen atoms in total. The van der Waals surface area contributed by atoms with Crippen molar-refractivity contribution in [2.75, 3.05) is 13.1 Å². The summed E-state index contributed by atoms with van der Waals surface area (Å²) in [5, 5.41) is 2.89. The Balaban J connectivity index is 1.75. The summed E-state index contributed by atoms with van der Waals surface area (Å²) < 4.78 is 5.42. The largest absolute Gasteiger partial charge is 0.445 e. The molecule has 1 aliphatic heterocycles. The monoisotopic (exact) mass is 439 g/mol. The van der Waals surface area contributed by atoms with Crippen molar-refractivity contribution < 1.29 is 14.3 Å². The second-order valence-electron chi connectivity index (χ2n) is 7.94. The predicted octanol–water partition coefficient (Wildman–Crippen LogP) is 3.44. The Labute approximate surface area is 188 Å². The van der Waals surface area contributed by atoms with Gasteiger partial charge in [0.2, 0.25) is 5.91 Å². The standard InChI is InChI=1S/C24H29N3O3S/c1-2-20(21(25)31)16-27-14-13-24(22(27)28,15-18-9-5-3-6-10-18)26-23(29)30-17-19-11-7-4-8-12-19/h3-12,20H,2,13-17H2,1H3,(H2,25,31)(H,26,29)/t20-,24+/m0/s1. The second-order valence-corrected chi connectivity index (χ2v) is 8.41. The third kappa shape index (κ3) is 5.82. The van der Waals surface area contributed by atoms with Crippen molar-refractivity contribution in [3.8, 4) is 0 Å². The molecule has 2 aromatic rings. The zero-order valence-corrected chi connectivity index (χ0v) is 18.6. The lowest BCUT2D eigenvalue weighted by molar-refractivity contribution is -0.133. The van der Waals surface area contributed by atoms with Crippen molar-refractivity contribution in [3.05, 3.63) is 71.8 Å². The Morgan fingerprint density at radius 1 is 1.16 bits per heavy atom. The van der Waals surface area contributed by atoms with Crippen LogP contribution in [-0.2, 0) is 22.6 Å². The van der Waals surface area contributed by atoms with Crippen LogP contribution in [0.2, 0.25) is 0 Å². The van der Waals surface area contributed by atoms with Crippen molar-refractivity contribution in [2.45, 2.75) is 38.3 Å². The van der Waals surface area contributed by atoms with E-state index in [2.05, 4.69) is 5.32 Å². The number of alkyl carbamates (subject to hydrolysis) is 1. The highest BCUT2D eigenvalue weighted by molar-refractivity contribution is 7.80. The number of amides is 2. The van der Waals surface area contributed by atoms with E-state index in [9.17, 15) is 9.59 Å². The summed E-state index contributed by atoms with van der Waals surface area (Å²) in [5.41, 5.74) is 6.65. The van der Waals surface area contributed by atoms with E-state index in [1.807, 2.05) is 67.6 Å². The normalized spacial score (nSPS) is 19.1. The Morgan fingerprint density at radius 2 is 1.77 bits per heavy atom. The molecule has 0 saturated carbocycles. The van der Waals surface area contributed by atoms with E-state index in [0.717, 1.165) is 17.5 Å². The first-order valence-corrected chi connectivity index (χ1v) is 11.0. The number of nitrogens with two attached hydrogens (primary N) is 1. The fraction of sp³-hybridized carbons (Fsp3) is 0.375. The number of nitrogens with zero attached hydrogens (tertiary/aromatic N) is 1. The molecule has 0 aliphatic carbocycles. The molecule has 164 valence electrons. The summed E-state index contributed by atoms with van der Waals surface area (Å²) in [6, 6.07) is 19.1. The van der Waals surface area contributed by atoms with Gasteiger partial charge in [-0.25, -0.2) is 4.79 Å². The van der Waals surface area contributed by atoms with Crippen LogP contribution in [0, 0.1) is 5.92 Å². The van der Waals surface area contributed by atoms with Gasteiger partial charge >= 0.3 is 6.09 Å². The molecule has 3 rings (SSSR count). The lowest BCUT2D eigenvalue weighted by Gasteiger charge is -2.30. The molecule has 1 fully saturated rings. The average molecular weight is 440 g/mol. The highest BCUT2D eigenvalue weighted by Gasteiger charge is 2.48. The molecule has 2 aromatic carbocycles. The molecular weight excluding hydrogens is 410 g/mol. The Bertz CT molecular complexity index is 907. The van der Waals surface area contributed by atoms with Gasteiger partial charge < -0.3 is 20.7 Å². The molecule has 0 bridgehead atoms. The average Bonchev–Trinajstić information content (AvgIpc) is 3.06. The molecule has 1 heterocycles. The van der Waals surface area contributed by atoms with Crippen molar-refractivity contribution in [1.29, 1.82) is 0 Å². The van der Waals surface area contributed by atoms with Crippen LogP contribution in [0.3, 0.4) is 0 Å². The van der Waals surface area contributed by atoms with E-state index in [4.69, 9.17) is 22.7 Å². The maximum Gasteiger partial charge on any atom is 0.408 e. The third-order valence-corrected chi connectivity index (χ3v) is 6.08. The zero-order chi connectivity index (χ0) is 22.3. The Hall–Kier alpha value is -2.93. The number of ether oxygens (including phenoxy) is 1. The van der Waals surface area contributed by atoms with Gasteiger partial charge in [0.05, 0.1) is 4.99 Å². The van der Waals surface area contributed by atoms with Crippen LogP contribution in [0.15, 0.2) is 60.7 Å². The lowest BCUT2D eigenvalue weighted by Crippen LogP contribution is -2.56. The topological polar surface area (TPSA) is 84.7 Å². The summed E-state index contributed by atoms with van der Waals surface area (Å²) in [4.78, 5) is 28.3. The number of rotatable bonds is 9. The lowest BCUT2D eigenvalue weighted by atomic mass is 9.89. The van der Waals surface area contributed by atoms with E-state index in [1.165, 1.54) is 0 Å². The van der Waals surface area contributed by atoms with Gasteiger partial charge in [0.15, 0.2) is 0 Å². The second kappa shape index (κ2) is 10.4. The molecule has 2 atom stereocenters. The van der Waals surface area contributed by atoms with Gasteiger partial charge in [0.25, 0.3) is 0 Å². The molecule has 0 spiro atoms. The minimum atomic E-state index is -1.05. The van der Waals surface area contributed by atoms with E-state index < -0.39 is 11.6 Å². The first-order valence-electron chi connectivity index (χ1n) is 10.5. The van der Waals surface area contributed by atoms with E-state index in [1.54, 1.807) is 4.90 Å². The van der Waals surface area contributed by atoms with Crippen molar-refractivity contribution in [3.63, 3.8) is 0 Å². The number of nitrogens with one attached hydrogen (secondary N) is 1. The summed E-state index contributed by atoms with van der Waals surface area (Å²) in [6.45, 7) is 3.14. The third-order valence-electron chi connectivity index (χ3n) is 5.74. The van der Waals surface area contributed by atoms with Crippen LogP contribution < -0.4 is 11.1 Å². The highest BCUT2D eigenvalue weighted by atomic mass is 32.1. The van der Waals surface area contributed by atoms with Crippen molar-refractivity contribution in [1.82, 2.24) is 10.2 Å². The van der Waals surface area contributed by atoms with Gasteiger partial charge in [-0.05, 0) is 24.0 Å². The molecule has 1 saturated heterocycles. The van der Waals surface area contributed by atoms with Crippen LogP contribution in [-0.4, -0.2) is 40.5 Å². The van der Waals surface area contributed by atoms with Gasteiger partial charge in [-0.3, -0.25) is 4.79 Å². The minimum Gasteiger partial charge on any atom is -0.445 e. The molecule has 0 unspecified atom stereocenters. The van der Waals surface area contributed by atoms with Crippen LogP contribution in [0.25, 0.3) is 0 Å². The van der Waals surface area contributed by atoms with Crippen LogP contribution >= 0.6 is 12.2 Å². The molecule has 3 N–H and O–H groups in total. The first kappa shape index (κ1) is 22.7. The number of hydrogen-bond acceptors (Lipinski definition) is 4. The molecular formula is C24H29N3O3S. The highest BCUT2D eigenvalue weighted by Crippen LogP contribution is 2.29. The smallest absolute Gasteiger partial charge is 0.408 e. The quantitative estimate of drug-likeness (QED) is 0.585. The number of benzene rings is 2. The maximum absolute atomic E-state index is 13.5. The van der Waals surface area contributed by atoms with Gasteiger partial charge in [-0.15, -0.1) is 0 Å². The molecule has 0 radical (unpaired) electrons. The Kier molecular flexibility index (Phi) is 7.63. The fourth-order valence-corrected chi connectivity index (χ4v) is 4.16. The van der Waals surface area contributed by atoms with Crippen molar-refractivity contribution in [2.24, 2.45) is 11.7 Å². The van der Waals surface area contributed by atoms with Crippen LogP contribution in [0.4, 0.5) is 4.79 Å². The SMILES string of the molecule is CC[C@@H](CN1CC[C@](Cc2ccccc2)(NC(=O)OCc2ccccc2)C1=O)C(N)=S. The van der Waals surface area contributed by atoms with Gasteiger partial charge in [-0.1, -0.05) is 79.8 Å². The van der Waals surface area contributed by atoms with E-state index in [-0.39, 0.29) is 18.4 Å². The van der Waals surface area contributed by atoms with Crippen molar-refractivity contribution >= 4 is 29.2 Å². The van der Waals surface area contributed by atoms with E-state index >= 15 is 0 Å². The Morgan fingerprint density at radius 3 is 2.35 bits per heavy atom. The van der Waals surface area contributed by atoms with E-state index in [0.29, 0.717) is 30.9 Å². The number of likely N-dealkylation sites (tertiary alicyclic amines) is 1.